The first kappa shape index (κ1) is 16.6. The lowest BCUT2D eigenvalue weighted by molar-refractivity contribution is -0.137. The van der Waals surface area contributed by atoms with Crippen molar-refractivity contribution in [3.8, 4) is 0 Å². The molecule has 0 saturated heterocycles. The summed E-state index contributed by atoms with van der Waals surface area (Å²) >= 11 is 1.29. The molecule has 2 rings (SSSR count). The number of nitrogens with zero attached hydrogens (tertiary/aromatic N) is 1. The first-order chi connectivity index (χ1) is 11.1. The van der Waals surface area contributed by atoms with E-state index >= 15 is 0 Å². The van der Waals surface area contributed by atoms with Crippen LogP contribution in [-0.2, 0) is 9.59 Å². The lowest BCUT2D eigenvalue weighted by atomic mass is 10.1. The third-order valence-electron chi connectivity index (χ3n) is 2.89. The summed E-state index contributed by atoms with van der Waals surface area (Å²) < 4.78 is 0. The van der Waals surface area contributed by atoms with Gasteiger partial charge in [-0.15, -0.1) is 11.3 Å². The Morgan fingerprint density at radius 1 is 1.13 bits per heavy atom. The van der Waals surface area contributed by atoms with Crippen molar-refractivity contribution >= 4 is 39.9 Å². The van der Waals surface area contributed by atoms with Crippen LogP contribution in [0.4, 0.5) is 10.8 Å². The number of aliphatic carboxylic acids is 1. The van der Waals surface area contributed by atoms with E-state index in [-0.39, 0.29) is 31.1 Å². The molecule has 0 radical (unpaired) electrons. The molecule has 1 aromatic carbocycles. The molecule has 0 aliphatic heterocycles. The van der Waals surface area contributed by atoms with Crippen LogP contribution in [-0.4, -0.2) is 27.9 Å². The highest BCUT2D eigenvalue weighted by Gasteiger charge is 2.14. The standard InChI is InChI=1S/C15H15N3O4S/c19-12(6-3-7-13(20)21)17-11-5-2-1-4-10(11)14(22)18-15-16-8-9-23-15/h1-2,4-5,8-9H,3,6-7H2,(H,17,19)(H,20,21)(H,16,18,22). The molecule has 23 heavy (non-hydrogen) atoms. The van der Waals surface area contributed by atoms with Gasteiger partial charge >= 0.3 is 5.97 Å². The smallest absolute Gasteiger partial charge is 0.303 e. The summed E-state index contributed by atoms with van der Waals surface area (Å²) in [7, 11) is 0. The minimum Gasteiger partial charge on any atom is -0.481 e. The van der Waals surface area contributed by atoms with Crippen LogP contribution >= 0.6 is 11.3 Å². The number of hydrogen-bond acceptors (Lipinski definition) is 5. The Kier molecular flexibility index (Phi) is 5.81. The fourth-order valence-corrected chi connectivity index (χ4v) is 2.38. The molecule has 0 bridgehead atoms. The molecule has 0 fully saturated rings. The Balaban J connectivity index is 2.00. The Morgan fingerprint density at radius 3 is 2.61 bits per heavy atom. The van der Waals surface area contributed by atoms with Crippen molar-refractivity contribution in [3.63, 3.8) is 0 Å². The number of carboxylic acid groups (broad SMARTS) is 1. The molecule has 0 saturated carbocycles. The topological polar surface area (TPSA) is 108 Å². The highest BCUT2D eigenvalue weighted by Crippen LogP contribution is 2.19. The predicted molar refractivity (Wildman–Crippen MR) is 86.6 cm³/mol. The molecule has 1 heterocycles. The molecular weight excluding hydrogens is 318 g/mol. The van der Waals surface area contributed by atoms with Gasteiger partial charge < -0.3 is 10.4 Å². The summed E-state index contributed by atoms with van der Waals surface area (Å²) in [6.07, 6.45) is 1.83. The first-order valence-corrected chi connectivity index (χ1v) is 7.76. The number of carbonyl (C=O) groups excluding carboxylic acids is 2. The highest BCUT2D eigenvalue weighted by molar-refractivity contribution is 7.13. The third kappa shape index (κ3) is 5.19. The van der Waals surface area contributed by atoms with Crippen molar-refractivity contribution in [3.05, 3.63) is 41.4 Å². The quantitative estimate of drug-likeness (QED) is 0.721. The number of nitrogens with one attached hydrogen (secondary N) is 2. The largest absolute Gasteiger partial charge is 0.481 e. The van der Waals surface area contributed by atoms with Crippen molar-refractivity contribution in [2.75, 3.05) is 10.6 Å². The van der Waals surface area contributed by atoms with Crippen molar-refractivity contribution in [2.45, 2.75) is 19.3 Å². The van der Waals surface area contributed by atoms with Crippen molar-refractivity contribution in [2.24, 2.45) is 0 Å². The zero-order chi connectivity index (χ0) is 16.7. The SMILES string of the molecule is O=C(O)CCCC(=O)Nc1ccccc1C(=O)Nc1nccs1. The van der Waals surface area contributed by atoms with Crippen LogP contribution in [0.3, 0.4) is 0 Å². The van der Waals surface area contributed by atoms with E-state index in [1.165, 1.54) is 11.3 Å². The van der Waals surface area contributed by atoms with E-state index in [0.717, 1.165) is 0 Å². The van der Waals surface area contributed by atoms with Crippen LogP contribution in [0.15, 0.2) is 35.8 Å². The van der Waals surface area contributed by atoms with Gasteiger partial charge in [0.25, 0.3) is 5.91 Å². The lowest BCUT2D eigenvalue weighted by Crippen LogP contribution is -2.18. The number of carboxylic acids is 1. The number of rotatable bonds is 7. The molecule has 3 N–H and O–H groups in total. The van der Waals surface area contributed by atoms with E-state index in [2.05, 4.69) is 15.6 Å². The van der Waals surface area contributed by atoms with E-state index in [1.807, 2.05) is 0 Å². The summed E-state index contributed by atoms with van der Waals surface area (Å²) in [5, 5.41) is 16.1. The second-order valence-electron chi connectivity index (χ2n) is 4.63. The highest BCUT2D eigenvalue weighted by atomic mass is 32.1. The number of hydrogen-bond donors (Lipinski definition) is 3. The van der Waals surface area contributed by atoms with Crippen LogP contribution in [0.2, 0.25) is 0 Å². The van der Waals surface area contributed by atoms with Crippen LogP contribution in [0.1, 0.15) is 29.6 Å². The van der Waals surface area contributed by atoms with Crippen LogP contribution in [0, 0.1) is 0 Å². The predicted octanol–water partition coefficient (Wildman–Crippen LogP) is 2.59. The van der Waals surface area contributed by atoms with Gasteiger partial charge in [0.15, 0.2) is 5.13 Å². The van der Waals surface area contributed by atoms with Gasteiger partial charge in [0.2, 0.25) is 5.91 Å². The number of anilines is 2. The molecule has 2 amide bonds. The zero-order valence-corrected chi connectivity index (χ0v) is 12.9. The monoisotopic (exact) mass is 333 g/mol. The molecule has 0 aliphatic carbocycles. The maximum absolute atomic E-state index is 12.2. The number of aromatic nitrogens is 1. The number of para-hydroxylation sites is 1. The van der Waals surface area contributed by atoms with E-state index in [4.69, 9.17) is 5.11 Å². The van der Waals surface area contributed by atoms with E-state index in [9.17, 15) is 14.4 Å². The van der Waals surface area contributed by atoms with Gasteiger partial charge in [0, 0.05) is 24.4 Å². The average molecular weight is 333 g/mol. The summed E-state index contributed by atoms with van der Waals surface area (Å²) in [6, 6.07) is 6.60. The molecule has 2 aromatic rings. The summed E-state index contributed by atoms with van der Waals surface area (Å²) in [5.41, 5.74) is 0.691. The summed E-state index contributed by atoms with van der Waals surface area (Å²) in [4.78, 5) is 38.5. The first-order valence-electron chi connectivity index (χ1n) is 6.88. The average Bonchev–Trinajstić information content (AvgIpc) is 3.00. The minimum atomic E-state index is -0.943. The van der Waals surface area contributed by atoms with Crippen molar-refractivity contribution < 1.29 is 19.5 Å². The fraction of sp³-hybridized carbons (Fsp3) is 0.200. The number of benzene rings is 1. The molecule has 0 aliphatic rings. The summed E-state index contributed by atoms with van der Waals surface area (Å²) in [6.45, 7) is 0. The van der Waals surface area contributed by atoms with Gasteiger partial charge in [-0.05, 0) is 18.6 Å². The molecule has 1 aromatic heterocycles. The Bertz CT molecular complexity index is 701. The van der Waals surface area contributed by atoms with E-state index in [0.29, 0.717) is 16.4 Å². The van der Waals surface area contributed by atoms with Crippen LogP contribution < -0.4 is 10.6 Å². The summed E-state index contributed by atoms with van der Waals surface area (Å²) in [5.74, 6) is -1.65. The molecule has 0 unspecified atom stereocenters. The Morgan fingerprint density at radius 2 is 1.91 bits per heavy atom. The Hall–Kier alpha value is -2.74. The Labute approximate surface area is 136 Å². The molecule has 0 atom stereocenters. The number of carbonyl (C=O) groups is 3. The maximum Gasteiger partial charge on any atom is 0.303 e. The van der Waals surface area contributed by atoms with Gasteiger partial charge in [0.05, 0.1) is 11.3 Å². The molecule has 8 heteroatoms. The maximum atomic E-state index is 12.2. The minimum absolute atomic E-state index is 0.0698. The molecular formula is C15H15N3O4S. The van der Waals surface area contributed by atoms with Crippen molar-refractivity contribution in [1.29, 1.82) is 0 Å². The van der Waals surface area contributed by atoms with Gasteiger partial charge in [-0.1, -0.05) is 12.1 Å². The molecule has 0 spiro atoms. The van der Waals surface area contributed by atoms with Gasteiger partial charge in [-0.2, -0.15) is 0 Å². The van der Waals surface area contributed by atoms with E-state index in [1.54, 1.807) is 35.8 Å². The molecule has 120 valence electrons. The normalized spacial score (nSPS) is 10.1. The third-order valence-corrected chi connectivity index (χ3v) is 3.58. The van der Waals surface area contributed by atoms with E-state index < -0.39 is 5.97 Å². The van der Waals surface area contributed by atoms with Gasteiger partial charge in [-0.3, -0.25) is 19.7 Å². The number of thiazole rings is 1. The van der Waals surface area contributed by atoms with Crippen molar-refractivity contribution in [1.82, 2.24) is 4.98 Å². The zero-order valence-electron chi connectivity index (χ0n) is 12.1. The second-order valence-corrected chi connectivity index (χ2v) is 5.53. The van der Waals surface area contributed by atoms with Crippen LogP contribution in [0.5, 0.6) is 0 Å². The number of amides is 2. The second kappa shape index (κ2) is 8.04. The molecule has 7 nitrogen and oxygen atoms in total. The van der Waals surface area contributed by atoms with Gasteiger partial charge in [0.1, 0.15) is 0 Å². The van der Waals surface area contributed by atoms with Crippen LogP contribution in [0.25, 0.3) is 0 Å². The lowest BCUT2D eigenvalue weighted by Gasteiger charge is -2.10. The fourth-order valence-electron chi connectivity index (χ4n) is 1.85. The van der Waals surface area contributed by atoms with Gasteiger partial charge in [-0.25, -0.2) is 4.98 Å².